The molecule has 204 valence electrons. The van der Waals surface area contributed by atoms with Crippen LogP contribution < -0.4 is 9.47 Å². The molecule has 8 saturated carbocycles. The summed E-state index contributed by atoms with van der Waals surface area (Å²) in [7, 11) is 0. The van der Waals surface area contributed by atoms with Crippen LogP contribution in [0.3, 0.4) is 0 Å². The number of aliphatic hydroxyl groups excluding tert-OH is 2. The molecule has 2 aromatic carbocycles. The van der Waals surface area contributed by atoms with Gasteiger partial charge in [-0.15, -0.1) is 0 Å². The summed E-state index contributed by atoms with van der Waals surface area (Å²) in [4.78, 5) is 0. The second-order valence-corrected chi connectivity index (χ2v) is 14.5. The van der Waals surface area contributed by atoms with Crippen molar-refractivity contribution in [1.82, 2.24) is 0 Å². The van der Waals surface area contributed by atoms with Crippen molar-refractivity contribution >= 4 is 10.8 Å². The van der Waals surface area contributed by atoms with Gasteiger partial charge in [-0.1, -0.05) is 18.2 Å². The van der Waals surface area contributed by atoms with Gasteiger partial charge in [0.2, 0.25) is 0 Å². The second-order valence-electron chi connectivity index (χ2n) is 14.5. The van der Waals surface area contributed by atoms with E-state index in [1.165, 1.54) is 93.4 Å². The van der Waals surface area contributed by atoms with Crippen LogP contribution in [-0.4, -0.2) is 36.6 Å². The number of hydrogen-bond acceptors (Lipinski definition) is 4. The molecule has 0 heterocycles. The van der Waals surface area contributed by atoms with E-state index in [1.807, 2.05) is 0 Å². The van der Waals surface area contributed by atoms with Gasteiger partial charge in [-0.25, -0.2) is 0 Å². The summed E-state index contributed by atoms with van der Waals surface area (Å²) in [5, 5.41) is 21.8. The van der Waals surface area contributed by atoms with Crippen molar-refractivity contribution in [2.45, 2.75) is 87.9 Å². The van der Waals surface area contributed by atoms with Crippen LogP contribution in [0.15, 0.2) is 24.3 Å². The first-order valence-corrected chi connectivity index (χ1v) is 15.7. The van der Waals surface area contributed by atoms with Gasteiger partial charge in [0.05, 0.1) is 13.2 Å². The van der Waals surface area contributed by atoms with Gasteiger partial charge >= 0.3 is 0 Å². The molecule has 2 N–H and O–H groups in total. The van der Waals surface area contributed by atoms with E-state index < -0.39 is 0 Å². The molecule has 4 heteroatoms. The number of fused-ring (bicyclic) bond motifs is 1. The zero-order valence-electron chi connectivity index (χ0n) is 22.8. The molecule has 0 aliphatic heterocycles. The second kappa shape index (κ2) is 8.86. The lowest BCUT2D eigenvalue weighted by atomic mass is 9.47. The van der Waals surface area contributed by atoms with Crippen LogP contribution in [0.5, 0.6) is 11.5 Å². The molecule has 8 fully saturated rings. The van der Waals surface area contributed by atoms with E-state index in [9.17, 15) is 10.2 Å². The summed E-state index contributed by atoms with van der Waals surface area (Å²) in [6, 6.07) is 9.44. The molecule has 8 bridgehead atoms. The molecule has 4 nitrogen and oxygen atoms in total. The van der Waals surface area contributed by atoms with E-state index >= 15 is 0 Å². The summed E-state index contributed by atoms with van der Waals surface area (Å²) in [5.41, 5.74) is 3.49. The number of benzene rings is 2. The quantitative estimate of drug-likeness (QED) is 0.420. The van der Waals surface area contributed by atoms with Crippen molar-refractivity contribution < 1.29 is 19.7 Å². The summed E-state index contributed by atoms with van der Waals surface area (Å²) < 4.78 is 12.6. The van der Waals surface area contributed by atoms with Crippen LogP contribution in [0.4, 0.5) is 0 Å². The fraction of sp³-hybridized carbons (Fsp3) is 0.706. The highest BCUT2D eigenvalue weighted by Gasteiger charge is 2.54. The van der Waals surface area contributed by atoms with Crippen molar-refractivity contribution in [1.29, 1.82) is 0 Å². The van der Waals surface area contributed by atoms with E-state index in [1.54, 1.807) is 5.56 Å². The fourth-order valence-electron chi connectivity index (χ4n) is 11.7. The molecule has 0 unspecified atom stereocenters. The molecule has 10 rings (SSSR count). The van der Waals surface area contributed by atoms with Crippen LogP contribution in [0.2, 0.25) is 0 Å². The highest BCUT2D eigenvalue weighted by atomic mass is 16.5. The molecule has 2 aromatic rings. The number of rotatable bonds is 8. The van der Waals surface area contributed by atoms with Gasteiger partial charge < -0.3 is 19.7 Å². The third-order valence-electron chi connectivity index (χ3n) is 12.0. The highest BCUT2D eigenvalue weighted by Crippen LogP contribution is 2.64. The molecular formula is C34H44O4. The molecule has 8 aliphatic carbocycles. The highest BCUT2D eigenvalue weighted by molar-refractivity contribution is 5.95. The monoisotopic (exact) mass is 516 g/mol. The average Bonchev–Trinajstić information content (AvgIpc) is 2.88. The Kier molecular flexibility index (Phi) is 5.61. The van der Waals surface area contributed by atoms with Crippen LogP contribution in [0.25, 0.3) is 10.8 Å². The Morgan fingerprint density at radius 2 is 1.05 bits per heavy atom. The Balaban J connectivity index is 1.32. The van der Waals surface area contributed by atoms with Crippen molar-refractivity contribution in [3.8, 4) is 11.5 Å². The van der Waals surface area contributed by atoms with Gasteiger partial charge in [0, 0.05) is 22.4 Å². The topological polar surface area (TPSA) is 58.9 Å². The van der Waals surface area contributed by atoms with Gasteiger partial charge in [0.15, 0.2) is 0 Å². The Morgan fingerprint density at radius 3 is 1.55 bits per heavy atom. The molecule has 0 saturated heterocycles. The van der Waals surface area contributed by atoms with E-state index in [2.05, 4.69) is 24.3 Å². The van der Waals surface area contributed by atoms with Gasteiger partial charge in [-0.2, -0.15) is 0 Å². The third-order valence-corrected chi connectivity index (χ3v) is 12.0. The predicted molar refractivity (Wildman–Crippen MR) is 149 cm³/mol. The Hall–Kier alpha value is -1.78. The first kappa shape index (κ1) is 24.1. The molecule has 8 aliphatic rings. The zero-order chi connectivity index (χ0) is 25.5. The third kappa shape index (κ3) is 3.69. The van der Waals surface area contributed by atoms with E-state index in [0.717, 1.165) is 47.0 Å². The van der Waals surface area contributed by atoms with Crippen LogP contribution >= 0.6 is 0 Å². The van der Waals surface area contributed by atoms with Crippen LogP contribution in [0.1, 0.15) is 88.2 Å². The van der Waals surface area contributed by atoms with Crippen LogP contribution in [0, 0.1) is 35.5 Å². The molecular weight excluding hydrogens is 472 g/mol. The van der Waals surface area contributed by atoms with Crippen molar-refractivity contribution in [2.75, 3.05) is 26.4 Å². The maximum Gasteiger partial charge on any atom is 0.130 e. The minimum absolute atomic E-state index is 0.00356. The van der Waals surface area contributed by atoms with Crippen molar-refractivity contribution in [2.24, 2.45) is 35.5 Å². The smallest absolute Gasteiger partial charge is 0.130 e. The summed E-state index contributed by atoms with van der Waals surface area (Å²) in [6.07, 6.45) is 16.6. The minimum Gasteiger partial charge on any atom is -0.491 e. The van der Waals surface area contributed by atoms with Gasteiger partial charge in [0.1, 0.15) is 24.7 Å². The van der Waals surface area contributed by atoms with Gasteiger partial charge in [0.25, 0.3) is 0 Å². The molecule has 0 aromatic heterocycles. The first-order chi connectivity index (χ1) is 18.6. The Labute approximate surface area is 227 Å². The van der Waals surface area contributed by atoms with E-state index in [-0.39, 0.29) is 25.2 Å². The summed E-state index contributed by atoms with van der Waals surface area (Å²) in [5.74, 6) is 7.03. The number of ether oxygens (including phenoxy) is 2. The minimum atomic E-state index is -0.00356. The lowest BCUT2D eigenvalue weighted by Crippen LogP contribution is -2.49. The maximum atomic E-state index is 9.73. The first-order valence-electron chi connectivity index (χ1n) is 15.7. The molecule has 0 spiro atoms. The van der Waals surface area contributed by atoms with Crippen molar-refractivity contribution in [3.05, 3.63) is 35.4 Å². The number of aliphatic hydroxyl groups is 2. The fourth-order valence-corrected chi connectivity index (χ4v) is 11.7. The molecule has 0 atom stereocenters. The zero-order valence-corrected chi connectivity index (χ0v) is 22.8. The lowest BCUT2D eigenvalue weighted by molar-refractivity contribution is -0.00636. The molecule has 0 radical (unpaired) electrons. The van der Waals surface area contributed by atoms with Gasteiger partial charge in [-0.3, -0.25) is 0 Å². The normalized spacial score (nSPS) is 40.3. The largest absolute Gasteiger partial charge is 0.491 e. The average molecular weight is 517 g/mol. The SMILES string of the molecule is OCCOc1cc(OCCO)c2ccc(C34CC5CC(CC(C5)C3)C4)cc2c1C12CC3CC(CC(C3)C1)C2. The standard InChI is InChI=1S/C34H44O4/c35-3-5-37-30-14-31(38-6-4-36)32(34-18-24-10-25(19-34)12-26(11-24)20-34)29-13-27(1-2-28(29)30)33-15-21-7-22(16-33)9-23(8-21)17-33/h1-2,13-14,21-26,35-36H,3-12,15-20H2. The predicted octanol–water partition coefficient (Wildman–Crippen LogP) is 6.52. The molecule has 0 amide bonds. The molecule has 38 heavy (non-hydrogen) atoms. The summed E-state index contributed by atoms with van der Waals surface area (Å²) >= 11 is 0. The Morgan fingerprint density at radius 1 is 0.579 bits per heavy atom. The van der Waals surface area contributed by atoms with E-state index in [4.69, 9.17) is 9.47 Å². The maximum absolute atomic E-state index is 9.73. The van der Waals surface area contributed by atoms with Crippen LogP contribution in [-0.2, 0) is 10.8 Å². The number of hydrogen-bond donors (Lipinski definition) is 2. The lowest BCUT2D eigenvalue weighted by Gasteiger charge is -2.58. The van der Waals surface area contributed by atoms with Gasteiger partial charge in [-0.05, 0) is 129 Å². The summed E-state index contributed by atoms with van der Waals surface area (Å²) in [6.45, 7) is 0.593. The van der Waals surface area contributed by atoms with Crippen molar-refractivity contribution in [3.63, 3.8) is 0 Å². The van der Waals surface area contributed by atoms with E-state index in [0.29, 0.717) is 12.0 Å². The Bertz CT molecular complexity index is 1160.